The van der Waals surface area contributed by atoms with Gasteiger partial charge in [-0.25, -0.2) is 10.1 Å². The molecule has 0 bridgehead atoms. The van der Waals surface area contributed by atoms with Crippen LogP contribution in [0.2, 0.25) is 10.2 Å². The third kappa shape index (κ3) is 2.29. The lowest BCUT2D eigenvalue weighted by atomic mass is 10.3. The quantitative estimate of drug-likeness (QED) is 0.804. The molecule has 0 unspecified atom stereocenters. The van der Waals surface area contributed by atoms with E-state index in [1.807, 2.05) is 0 Å². The monoisotopic (exact) mass is 257 g/mol. The van der Waals surface area contributed by atoms with E-state index < -0.39 is 5.91 Å². The molecule has 0 aliphatic rings. The molecular weight excluding hydrogens is 253 g/mol. The summed E-state index contributed by atoms with van der Waals surface area (Å²) in [5, 5.41) is 8.88. The Balaban J connectivity index is 2.24. The molecule has 2 N–H and O–H groups in total. The van der Waals surface area contributed by atoms with Gasteiger partial charge in [0.2, 0.25) is 5.95 Å². The Morgan fingerprint density at radius 1 is 1.38 bits per heavy atom. The predicted octanol–water partition coefficient (Wildman–Crippen LogP) is 1.76. The van der Waals surface area contributed by atoms with Crippen molar-refractivity contribution in [1.29, 1.82) is 0 Å². The minimum Gasteiger partial charge on any atom is -0.289 e. The van der Waals surface area contributed by atoms with Gasteiger partial charge in [0, 0.05) is 0 Å². The lowest BCUT2D eigenvalue weighted by Crippen LogP contribution is -2.15. The molecule has 2 aromatic rings. The Labute approximate surface area is 100 Å². The molecule has 2 rings (SSSR count). The van der Waals surface area contributed by atoms with Crippen LogP contribution in [0.15, 0.2) is 18.5 Å². The summed E-state index contributed by atoms with van der Waals surface area (Å²) in [6.07, 6.45) is 1.27. The average molecular weight is 258 g/mol. The van der Waals surface area contributed by atoms with Gasteiger partial charge in [-0.2, -0.15) is 10.1 Å². The summed E-state index contributed by atoms with van der Waals surface area (Å²) in [6.45, 7) is 0. The number of carbonyl (C=O) groups excluding carboxylic acids is 1. The third-order valence-electron chi connectivity index (χ3n) is 1.67. The highest BCUT2D eigenvalue weighted by Gasteiger charge is 2.13. The maximum Gasteiger partial charge on any atom is 0.278 e. The number of carbonyl (C=O) groups is 1. The lowest BCUT2D eigenvalue weighted by molar-refractivity contribution is 0.102. The second-order valence-electron chi connectivity index (χ2n) is 2.75. The maximum absolute atomic E-state index is 11.7. The number of hydrogen-bond acceptors (Lipinski definition) is 4. The Morgan fingerprint density at radius 3 is 2.88 bits per heavy atom. The number of anilines is 1. The molecule has 0 saturated heterocycles. The summed E-state index contributed by atoms with van der Waals surface area (Å²) in [4.78, 5) is 19.2. The van der Waals surface area contributed by atoms with E-state index in [9.17, 15) is 4.79 Å². The zero-order valence-electron chi connectivity index (χ0n) is 7.74. The molecule has 0 radical (unpaired) electrons. The van der Waals surface area contributed by atoms with Gasteiger partial charge >= 0.3 is 0 Å². The molecule has 82 valence electrons. The van der Waals surface area contributed by atoms with E-state index in [1.54, 1.807) is 0 Å². The minimum atomic E-state index is -0.510. The van der Waals surface area contributed by atoms with Crippen LogP contribution < -0.4 is 5.32 Å². The number of pyridine rings is 1. The minimum absolute atomic E-state index is 0.0329. The second kappa shape index (κ2) is 4.46. The van der Waals surface area contributed by atoms with E-state index in [2.05, 4.69) is 25.5 Å². The first-order chi connectivity index (χ1) is 7.66. The fraction of sp³-hybridized carbons (Fsp3) is 0. The summed E-state index contributed by atoms with van der Waals surface area (Å²) < 4.78 is 0. The van der Waals surface area contributed by atoms with Crippen molar-refractivity contribution in [2.24, 2.45) is 0 Å². The molecule has 0 atom stereocenters. The number of nitrogens with zero attached hydrogens (tertiary/aromatic N) is 3. The zero-order valence-corrected chi connectivity index (χ0v) is 9.25. The highest BCUT2D eigenvalue weighted by Crippen LogP contribution is 2.17. The van der Waals surface area contributed by atoms with Gasteiger partial charge in [-0.1, -0.05) is 23.2 Å². The standard InChI is InChI=1S/C8H5Cl2N5O/c9-4-1-2-5(10)13-6(4)7(16)14-8-11-3-12-15-8/h1-3H,(H2,11,12,14,15,16). The number of hydrogen-bond donors (Lipinski definition) is 2. The Hall–Kier alpha value is -1.66. The molecule has 0 aliphatic heterocycles. The van der Waals surface area contributed by atoms with Crippen LogP contribution in [0.3, 0.4) is 0 Å². The summed E-state index contributed by atoms with van der Waals surface area (Å²) in [5.74, 6) is -0.299. The fourth-order valence-corrected chi connectivity index (χ4v) is 1.35. The molecule has 2 aromatic heterocycles. The largest absolute Gasteiger partial charge is 0.289 e. The number of aromatic nitrogens is 4. The first kappa shape index (κ1) is 10.8. The highest BCUT2D eigenvalue weighted by atomic mass is 35.5. The molecular formula is C8H5Cl2N5O. The van der Waals surface area contributed by atoms with Crippen LogP contribution >= 0.6 is 23.2 Å². The van der Waals surface area contributed by atoms with Crippen molar-refractivity contribution in [2.75, 3.05) is 5.32 Å². The number of nitrogens with one attached hydrogen (secondary N) is 2. The normalized spacial score (nSPS) is 10.1. The number of rotatable bonds is 2. The van der Waals surface area contributed by atoms with Gasteiger partial charge < -0.3 is 0 Å². The maximum atomic E-state index is 11.7. The van der Waals surface area contributed by atoms with E-state index >= 15 is 0 Å². The summed E-state index contributed by atoms with van der Waals surface area (Å²) in [5.41, 5.74) is 0.0329. The highest BCUT2D eigenvalue weighted by molar-refractivity contribution is 6.35. The third-order valence-corrected chi connectivity index (χ3v) is 2.19. The SMILES string of the molecule is O=C(Nc1ncn[nH]1)c1nc(Cl)ccc1Cl. The molecule has 2 heterocycles. The molecule has 0 aliphatic carbocycles. The van der Waals surface area contributed by atoms with Crippen molar-refractivity contribution in [1.82, 2.24) is 20.2 Å². The Morgan fingerprint density at radius 2 is 2.19 bits per heavy atom. The topological polar surface area (TPSA) is 83.6 Å². The van der Waals surface area contributed by atoms with Crippen LogP contribution in [0.4, 0.5) is 5.95 Å². The molecule has 16 heavy (non-hydrogen) atoms. The van der Waals surface area contributed by atoms with Crippen molar-refractivity contribution >= 4 is 35.1 Å². The Bertz CT molecular complexity index is 513. The van der Waals surface area contributed by atoms with Crippen LogP contribution in [-0.2, 0) is 0 Å². The van der Waals surface area contributed by atoms with Crippen molar-refractivity contribution in [2.45, 2.75) is 0 Å². The molecule has 8 heteroatoms. The Kier molecular flexibility index (Phi) is 3.02. The van der Waals surface area contributed by atoms with Crippen molar-refractivity contribution in [3.8, 4) is 0 Å². The zero-order chi connectivity index (χ0) is 11.5. The number of amides is 1. The van der Waals surface area contributed by atoms with Crippen molar-refractivity contribution in [3.05, 3.63) is 34.3 Å². The molecule has 6 nitrogen and oxygen atoms in total. The van der Waals surface area contributed by atoms with Gasteiger partial charge in [-0.05, 0) is 12.1 Å². The van der Waals surface area contributed by atoms with E-state index in [4.69, 9.17) is 23.2 Å². The summed E-state index contributed by atoms with van der Waals surface area (Å²) >= 11 is 11.5. The number of H-pyrrole nitrogens is 1. The fourth-order valence-electron chi connectivity index (χ4n) is 1.01. The van der Waals surface area contributed by atoms with E-state index in [1.165, 1.54) is 18.5 Å². The van der Waals surface area contributed by atoms with E-state index in [0.29, 0.717) is 0 Å². The summed E-state index contributed by atoms with van der Waals surface area (Å²) in [6, 6.07) is 2.99. The first-order valence-corrected chi connectivity index (χ1v) is 4.91. The second-order valence-corrected chi connectivity index (χ2v) is 3.55. The molecule has 0 aromatic carbocycles. The molecule has 0 saturated carbocycles. The van der Waals surface area contributed by atoms with Crippen LogP contribution in [0.5, 0.6) is 0 Å². The van der Waals surface area contributed by atoms with Crippen molar-refractivity contribution in [3.63, 3.8) is 0 Å². The molecule has 0 fully saturated rings. The van der Waals surface area contributed by atoms with Crippen LogP contribution in [-0.4, -0.2) is 26.1 Å². The van der Waals surface area contributed by atoms with Gasteiger partial charge in [-0.3, -0.25) is 10.1 Å². The van der Waals surface area contributed by atoms with Crippen LogP contribution in [0, 0.1) is 0 Å². The van der Waals surface area contributed by atoms with Crippen molar-refractivity contribution < 1.29 is 4.79 Å². The molecule has 1 amide bonds. The number of aromatic amines is 1. The predicted molar refractivity (Wildman–Crippen MR) is 58.6 cm³/mol. The van der Waals surface area contributed by atoms with Gasteiger partial charge in [0.05, 0.1) is 5.02 Å². The van der Waals surface area contributed by atoms with Gasteiger partial charge in [-0.15, -0.1) is 0 Å². The smallest absolute Gasteiger partial charge is 0.278 e. The van der Waals surface area contributed by atoms with E-state index in [0.717, 1.165) is 0 Å². The molecule has 0 spiro atoms. The van der Waals surface area contributed by atoms with Gasteiger partial charge in [0.15, 0.2) is 0 Å². The van der Waals surface area contributed by atoms with Gasteiger partial charge in [0.1, 0.15) is 17.2 Å². The summed E-state index contributed by atoms with van der Waals surface area (Å²) in [7, 11) is 0. The number of halogens is 2. The average Bonchev–Trinajstić information content (AvgIpc) is 2.74. The van der Waals surface area contributed by atoms with E-state index in [-0.39, 0.29) is 21.8 Å². The van der Waals surface area contributed by atoms with Crippen LogP contribution in [0.1, 0.15) is 10.5 Å². The van der Waals surface area contributed by atoms with Crippen LogP contribution in [0.25, 0.3) is 0 Å². The first-order valence-electron chi connectivity index (χ1n) is 4.15. The van der Waals surface area contributed by atoms with Gasteiger partial charge in [0.25, 0.3) is 5.91 Å². The lowest BCUT2D eigenvalue weighted by Gasteiger charge is -2.02.